The van der Waals surface area contributed by atoms with Crippen molar-refractivity contribution in [3.63, 3.8) is 0 Å². The second-order valence-electron chi connectivity index (χ2n) is 3.56. The van der Waals surface area contributed by atoms with Gasteiger partial charge in [0, 0.05) is 6.42 Å². The normalized spacial score (nSPS) is 22.2. The van der Waals surface area contributed by atoms with E-state index in [9.17, 15) is 0 Å². The van der Waals surface area contributed by atoms with Gasteiger partial charge in [0.2, 0.25) is 0 Å². The average molecular weight is 165 g/mol. The summed E-state index contributed by atoms with van der Waals surface area (Å²) in [5.74, 6) is 1.99. The van der Waals surface area contributed by atoms with E-state index < -0.39 is 0 Å². The van der Waals surface area contributed by atoms with Gasteiger partial charge in [-0.2, -0.15) is 0 Å². The summed E-state index contributed by atoms with van der Waals surface area (Å²) < 4.78 is 5.35. The molecule has 0 amide bonds. The van der Waals surface area contributed by atoms with Crippen LogP contribution >= 0.6 is 0 Å². The summed E-state index contributed by atoms with van der Waals surface area (Å²) in [5.41, 5.74) is 6.93. The first-order chi connectivity index (χ1) is 5.90. The van der Waals surface area contributed by atoms with Crippen LogP contribution in [0, 0.1) is 5.92 Å². The number of fused-ring (bicyclic) bond motifs is 1. The van der Waals surface area contributed by atoms with E-state index in [2.05, 4.69) is 6.07 Å². The molecule has 1 aromatic heterocycles. The van der Waals surface area contributed by atoms with Crippen LogP contribution in [-0.4, -0.2) is 6.54 Å². The predicted octanol–water partition coefficient (Wildman–Crippen LogP) is 1.73. The molecule has 66 valence electrons. The number of rotatable bonds is 2. The first kappa shape index (κ1) is 7.87. The molecule has 1 heterocycles. The lowest BCUT2D eigenvalue weighted by atomic mass is 9.86. The number of hydrogen-bond donors (Lipinski definition) is 1. The molecule has 1 aliphatic carbocycles. The van der Waals surface area contributed by atoms with Crippen molar-refractivity contribution in [1.82, 2.24) is 0 Å². The molecule has 1 unspecified atom stereocenters. The summed E-state index contributed by atoms with van der Waals surface area (Å²) in [4.78, 5) is 0. The number of nitrogens with two attached hydrogens (primary N) is 1. The zero-order chi connectivity index (χ0) is 8.39. The fraction of sp³-hybridized carbons (Fsp3) is 0.600. The van der Waals surface area contributed by atoms with Crippen molar-refractivity contribution in [2.75, 3.05) is 6.54 Å². The quantitative estimate of drug-likeness (QED) is 0.725. The molecule has 12 heavy (non-hydrogen) atoms. The van der Waals surface area contributed by atoms with Gasteiger partial charge in [-0.15, -0.1) is 0 Å². The number of hydrogen-bond acceptors (Lipinski definition) is 2. The maximum Gasteiger partial charge on any atom is 0.106 e. The van der Waals surface area contributed by atoms with Crippen molar-refractivity contribution in [2.45, 2.75) is 25.7 Å². The zero-order valence-electron chi connectivity index (χ0n) is 7.25. The number of aryl methyl sites for hydroxylation is 1. The minimum Gasteiger partial charge on any atom is -0.469 e. The average Bonchev–Trinajstić information content (AvgIpc) is 2.51. The fourth-order valence-corrected chi connectivity index (χ4v) is 2.00. The highest BCUT2D eigenvalue weighted by Gasteiger charge is 2.19. The van der Waals surface area contributed by atoms with Gasteiger partial charge in [0.15, 0.2) is 0 Å². The van der Waals surface area contributed by atoms with Gasteiger partial charge in [-0.1, -0.05) is 0 Å². The minimum absolute atomic E-state index is 0.792. The van der Waals surface area contributed by atoms with Crippen molar-refractivity contribution in [3.05, 3.63) is 23.7 Å². The molecule has 1 aromatic rings. The van der Waals surface area contributed by atoms with Crippen molar-refractivity contribution in [2.24, 2.45) is 11.7 Å². The van der Waals surface area contributed by atoms with Gasteiger partial charge in [0.05, 0.1) is 6.26 Å². The minimum atomic E-state index is 0.792. The van der Waals surface area contributed by atoms with Gasteiger partial charge < -0.3 is 10.2 Å². The first-order valence-corrected chi connectivity index (χ1v) is 4.65. The van der Waals surface area contributed by atoms with E-state index in [0.717, 1.165) is 25.3 Å². The molecule has 2 nitrogen and oxygen atoms in total. The predicted molar refractivity (Wildman–Crippen MR) is 47.9 cm³/mol. The van der Waals surface area contributed by atoms with Gasteiger partial charge in [0.1, 0.15) is 5.76 Å². The van der Waals surface area contributed by atoms with Gasteiger partial charge in [-0.3, -0.25) is 0 Å². The van der Waals surface area contributed by atoms with Crippen LogP contribution in [0.4, 0.5) is 0 Å². The Bertz CT molecular complexity index is 254. The first-order valence-electron chi connectivity index (χ1n) is 4.65. The monoisotopic (exact) mass is 165 g/mol. The Labute approximate surface area is 72.7 Å². The molecular weight excluding hydrogens is 150 g/mol. The Kier molecular flexibility index (Phi) is 2.17. The summed E-state index contributed by atoms with van der Waals surface area (Å²) in [7, 11) is 0. The maximum atomic E-state index is 5.53. The smallest absolute Gasteiger partial charge is 0.106 e. The standard InChI is InChI=1S/C10H15NO/c11-5-3-8-1-2-10-9(7-8)4-6-12-10/h4,6,8H,1-3,5,7,11H2. The number of furan rings is 1. The van der Waals surface area contributed by atoms with E-state index in [1.807, 2.05) is 0 Å². The molecule has 1 aliphatic rings. The van der Waals surface area contributed by atoms with Crippen LogP contribution in [0.5, 0.6) is 0 Å². The Hall–Kier alpha value is -0.760. The Morgan fingerprint density at radius 1 is 1.58 bits per heavy atom. The summed E-state index contributed by atoms with van der Waals surface area (Å²) in [5, 5.41) is 0. The van der Waals surface area contributed by atoms with Gasteiger partial charge >= 0.3 is 0 Å². The Morgan fingerprint density at radius 3 is 3.33 bits per heavy atom. The third-order valence-electron chi connectivity index (χ3n) is 2.70. The van der Waals surface area contributed by atoms with Crippen molar-refractivity contribution in [3.8, 4) is 0 Å². The lowest BCUT2D eigenvalue weighted by Gasteiger charge is -2.20. The van der Waals surface area contributed by atoms with Crippen LogP contribution in [0.1, 0.15) is 24.2 Å². The maximum absolute atomic E-state index is 5.53. The third kappa shape index (κ3) is 1.39. The van der Waals surface area contributed by atoms with E-state index in [-0.39, 0.29) is 0 Å². The molecule has 0 bridgehead atoms. The summed E-state index contributed by atoms with van der Waals surface area (Å²) >= 11 is 0. The van der Waals surface area contributed by atoms with E-state index in [1.54, 1.807) is 6.26 Å². The molecule has 2 rings (SSSR count). The van der Waals surface area contributed by atoms with Crippen LogP contribution < -0.4 is 5.73 Å². The second-order valence-corrected chi connectivity index (χ2v) is 3.56. The van der Waals surface area contributed by atoms with Crippen molar-refractivity contribution >= 4 is 0 Å². The van der Waals surface area contributed by atoms with E-state index in [1.165, 1.54) is 24.2 Å². The molecule has 0 spiro atoms. The van der Waals surface area contributed by atoms with Gasteiger partial charge in [-0.25, -0.2) is 0 Å². The fourth-order valence-electron chi connectivity index (χ4n) is 2.00. The molecule has 2 heteroatoms. The molecule has 0 aromatic carbocycles. The molecular formula is C10H15NO. The van der Waals surface area contributed by atoms with Crippen LogP contribution in [0.3, 0.4) is 0 Å². The van der Waals surface area contributed by atoms with Crippen LogP contribution in [-0.2, 0) is 12.8 Å². The highest BCUT2D eigenvalue weighted by atomic mass is 16.3. The Morgan fingerprint density at radius 2 is 2.50 bits per heavy atom. The SMILES string of the molecule is NCCC1CCc2occc2C1. The van der Waals surface area contributed by atoms with Crippen LogP contribution in [0.2, 0.25) is 0 Å². The molecule has 0 radical (unpaired) electrons. The van der Waals surface area contributed by atoms with Gasteiger partial charge in [0.25, 0.3) is 0 Å². The summed E-state index contributed by atoms with van der Waals surface area (Å²) in [6, 6.07) is 2.10. The second kappa shape index (κ2) is 3.31. The third-order valence-corrected chi connectivity index (χ3v) is 2.70. The summed E-state index contributed by atoms with van der Waals surface area (Å²) in [6.45, 7) is 0.817. The van der Waals surface area contributed by atoms with E-state index >= 15 is 0 Å². The molecule has 2 N–H and O–H groups in total. The Balaban J connectivity index is 2.05. The molecule has 1 atom stereocenters. The van der Waals surface area contributed by atoms with Gasteiger partial charge in [-0.05, 0) is 43.4 Å². The largest absolute Gasteiger partial charge is 0.469 e. The molecule has 0 saturated carbocycles. The topological polar surface area (TPSA) is 39.2 Å². The molecule has 0 saturated heterocycles. The molecule has 0 aliphatic heterocycles. The van der Waals surface area contributed by atoms with E-state index in [0.29, 0.717) is 0 Å². The van der Waals surface area contributed by atoms with Crippen LogP contribution in [0.25, 0.3) is 0 Å². The van der Waals surface area contributed by atoms with Crippen molar-refractivity contribution in [1.29, 1.82) is 0 Å². The van der Waals surface area contributed by atoms with Crippen molar-refractivity contribution < 1.29 is 4.42 Å². The molecule has 0 fully saturated rings. The van der Waals surface area contributed by atoms with Crippen LogP contribution in [0.15, 0.2) is 16.7 Å². The lowest BCUT2D eigenvalue weighted by molar-refractivity contribution is 0.389. The highest BCUT2D eigenvalue weighted by Crippen LogP contribution is 2.27. The van der Waals surface area contributed by atoms with E-state index in [4.69, 9.17) is 10.2 Å². The highest BCUT2D eigenvalue weighted by molar-refractivity contribution is 5.20. The zero-order valence-corrected chi connectivity index (χ0v) is 7.25. The lowest BCUT2D eigenvalue weighted by Crippen LogP contribution is -2.16. The summed E-state index contributed by atoms with van der Waals surface area (Å²) in [6.07, 6.45) is 6.48.